The second-order valence-electron chi connectivity index (χ2n) is 11.2. The van der Waals surface area contributed by atoms with Crippen LogP contribution in [0, 0.1) is 0 Å². The van der Waals surface area contributed by atoms with E-state index in [4.69, 9.17) is 9.47 Å². The fourth-order valence-corrected chi connectivity index (χ4v) is 5.66. The number of hydrogen-bond donors (Lipinski definition) is 1. The first-order chi connectivity index (χ1) is 17.8. The minimum atomic E-state index is -0.567. The van der Waals surface area contributed by atoms with Gasteiger partial charge in [-0.2, -0.15) is 0 Å². The summed E-state index contributed by atoms with van der Waals surface area (Å²) in [7, 11) is 0. The van der Waals surface area contributed by atoms with Crippen molar-refractivity contribution in [3.63, 3.8) is 0 Å². The van der Waals surface area contributed by atoms with Crippen LogP contribution in [-0.2, 0) is 9.47 Å². The van der Waals surface area contributed by atoms with Gasteiger partial charge in [0.1, 0.15) is 11.7 Å². The molecule has 3 atom stereocenters. The van der Waals surface area contributed by atoms with E-state index in [-0.39, 0.29) is 17.9 Å². The quantitative estimate of drug-likeness (QED) is 0.281. The first-order valence-corrected chi connectivity index (χ1v) is 13.5. The molecule has 4 aromatic rings. The molecule has 1 saturated carbocycles. The van der Waals surface area contributed by atoms with Crippen molar-refractivity contribution in [2.75, 3.05) is 0 Å². The van der Waals surface area contributed by atoms with Gasteiger partial charge in [0, 0.05) is 22.7 Å². The van der Waals surface area contributed by atoms with Crippen molar-refractivity contribution in [2.45, 2.75) is 76.9 Å². The predicted octanol–water partition coefficient (Wildman–Crippen LogP) is 8.96. The smallest absolute Gasteiger partial charge is 0.430 e. The Hall–Kier alpha value is -3.53. The van der Waals surface area contributed by atoms with Crippen LogP contribution in [0.5, 0.6) is 0 Å². The van der Waals surface area contributed by atoms with Gasteiger partial charge in [-0.1, -0.05) is 86.1 Å². The molecule has 192 valence electrons. The van der Waals surface area contributed by atoms with Crippen LogP contribution in [0.25, 0.3) is 22.2 Å². The van der Waals surface area contributed by atoms with Gasteiger partial charge in [-0.3, -0.25) is 0 Å². The first kappa shape index (κ1) is 25.1. The third-order valence-electron chi connectivity index (χ3n) is 7.45. The summed E-state index contributed by atoms with van der Waals surface area (Å²) in [5.41, 5.74) is 6.79. The summed E-state index contributed by atoms with van der Waals surface area (Å²) in [4.78, 5) is 16.1. The van der Waals surface area contributed by atoms with Crippen molar-refractivity contribution >= 4 is 17.1 Å². The Labute approximate surface area is 220 Å². The molecule has 1 fully saturated rings. The summed E-state index contributed by atoms with van der Waals surface area (Å²) < 4.78 is 11.3. The number of aromatic amines is 1. The second-order valence-corrected chi connectivity index (χ2v) is 11.2. The molecule has 1 aliphatic carbocycles. The van der Waals surface area contributed by atoms with Crippen LogP contribution < -0.4 is 0 Å². The van der Waals surface area contributed by atoms with E-state index in [9.17, 15) is 4.79 Å². The van der Waals surface area contributed by atoms with E-state index in [1.165, 1.54) is 33.3 Å². The minimum absolute atomic E-state index is 0.148. The molecule has 3 aromatic carbocycles. The number of aromatic nitrogens is 1. The Kier molecular flexibility index (Phi) is 7.10. The summed E-state index contributed by atoms with van der Waals surface area (Å²) in [6.07, 6.45) is 3.39. The molecule has 0 amide bonds. The van der Waals surface area contributed by atoms with Crippen LogP contribution in [0.15, 0.2) is 78.9 Å². The number of benzene rings is 3. The van der Waals surface area contributed by atoms with E-state index in [0.29, 0.717) is 0 Å². The Morgan fingerprint density at radius 1 is 0.892 bits per heavy atom. The van der Waals surface area contributed by atoms with Gasteiger partial charge in [-0.25, -0.2) is 4.79 Å². The van der Waals surface area contributed by atoms with E-state index in [1.807, 2.05) is 20.8 Å². The van der Waals surface area contributed by atoms with Gasteiger partial charge in [-0.15, -0.1) is 0 Å². The fraction of sp³-hybridized carbons (Fsp3) is 0.364. The highest BCUT2D eigenvalue weighted by Gasteiger charge is 2.31. The average Bonchev–Trinajstić information content (AvgIpc) is 3.28. The van der Waals surface area contributed by atoms with Gasteiger partial charge in [-0.05, 0) is 68.4 Å². The number of hydrogen-bond acceptors (Lipinski definition) is 3. The average molecular weight is 496 g/mol. The van der Waals surface area contributed by atoms with Gasteiger partial charge < -0.3 is 14.5 Å². The lowest BCUT2D eigenvalue weighted by atomic mass is 9.80. The largest absolute Gasteiger partial charge is 0.509 e. The fourth-order valence-electron chi connectivity index (χ4n) is 5.66. The zero-order chi connectivity index (χ0) is 26.0. The van der Waals surface area contributed by atoms with Crippen LogP contribution in [0.4, 0.5) is 4.79 Å². The Balaban J connectivity index is 1.42. The Bertz CT molecular complexity index is 1350. The zero-order valence-corrected chi connectivity index (χ0v) is 22.3. The highest BCUT2D eigenvalue weighted by atomic mass is 16.7. The molecule has 1 aliphatic rings. The zero-order valence-electron chi connectivity index (χ0n) is 22.3. The number of carbonyl (C=O) groups is 1. The maximum Gasteiger partial charge on any atom is 0.509 e. The number of nitrogens with one attached hydrogen (secondary N) is 1. The summed E-state index contributed by atoms with van der Waals surface area (Å²) in [5.74, 6) is 0.402. The number of para-hydroxylation sites is 1. The van der Waals surface area contributed by atoms with Crippen molar-refractivity contribution in [3.05, 3.63) is 95.6 Å². The topological polar surface area (TPSA) is 51.3 Å². The predicted molar refractivity (Wildman–Crippen MR) is 150 cm³/mol. The standard InChI is InChI=1S/C33H37NO3/c1-22(30-27-15-8-10-16-28(27)34-31(30)25-12-6-5-7-13-25)23-18-20-24(21-19-23)26-14-9-11-17-29(26)36-32(35)37-33(2,3)4/h5-8,10,12-13,15-16,18-22,26,29,34H,9,11,14,17H2,1-4H3/t22?,26-,29+/m0/s1. The number of carbonyl (C=O) groups excluding carboxylic acids is 1. The molecule has 4 nitrogen and oxygen atoms in total. The van der Waals surface area contributed by atoms with E-state index in [0.717, 1.165) is 31.2 Å². The monoisotopic (exact) mass is 495 g/mol. The van der Waals surface area contributed by atoms with Crippen molar-refractivity contribution in [1.82, 2.24) is 4.98 Å². The minimum Gasteiger partial charge on any atom is -0.430 e. The number of rotatable bonds is 5. The number of ether oxygens (including phenoxy) is 2. The molecule has 1 N–H and O–H groups in total. The summed E-state index contributed by atoms with van der Waals surface area (Å²) in [5, 5.41) is 1.26. The van der Waals surface area contributed by atoms with Gasteiger partial charge >= 0.3 is 6.16 Å². The maximum absolute atomic E-state index is 12.4. The van der Waals surface area contributed by atoms with Crippen LogP contribution in [0.3, 0.4) is 0 Å². The highest BCUT2D eigenvalue weighted by Crippen LogP contribution is 2.40. The van der Waals surface area contributed by atoms with Crippen molar-refractivity contribution in [3.8, 4) is 11.3 Å². The van der Waals surface area contributed by atoms with Crippen molar-refractivity contribution in [1.29, 1.82) is 0 Å². The van der Waals surface area contributed by atoms with Crippen molar-refractivity contribution in [2.24, 2.45) is 0 Å². The van der Waals surface area contributed by atoms with Gasteiger partial charge in [0.2, 0.25) is 0 Å². The molecular weight excluding hydrogens is 458 g/mol. The van der Waals surface area contributed by atoms with E-state index >= 15 is 0 Å². The molecule has 37 heavy (non-hydrogen) atoms. The van der Waals surface area contributed by atoms with Crippen LogP contribution in [0.2, 0.25) is 0 Å². The first-order valence-electron chi connectivity index (χ1n) is 13.5. The second kappa shape index (κ2) is 10.5. The summed E-state index contributed by atoms with van der Waals surface area (Å²) >= 11 is 0. The summed E-state index contributed by atoms with van der Waals surface area (Å²) in [6.45, 7) is 7.88. The normalized spacial score (nSPS) is 18.9. The lowest BCUT2D eigenvalue weighted by Crippen LogP contribution is -2.32. The number of H-pyrrole nitrogens is 1. The molecule has 0 aliphatic heterocycles. The molecule has 1 heterocycles. The molecule has 1 unspecified atom stereocenters. The highest BCUT2D eigenvalue weighted by molar-refractivity contribution is 5.91. The Morgan fingerprint density at radius 2 is 1.57 bits per heavy atom. The third kappa shape index (κ3) is 5.58. The van der Waals surface area contributed by atoms with Crippen LogP contribution in [-0.4, -0.2) is 22.8 Å². The molecule has 4 heteroatoms. The van der Waals surface area contributed by atoms with E-state index in [2.05, 4.69) is 90.8 Å². The van der Waals surface area contributed by atoms with Gasteiger partial charge in [0.05, 0.1) is 5.69 Å². The lowest BCUT2D eigenvalue weighted by Gasteiger charge is -2.32. The third-order valence-corrected chi connectivity index (χ3v) is 7.45. The summed E-state index contributed by atoms with van der Waals surface area (Å²) in [6, 6.07) is 28.0. The van der Waals surface area contributed by atoms with Crippen LogP contribution >= 0.6 is 0 Å². The van der Waals surface area contributed by atoms with E-state index in [1.54, 1.807) is 0 Å². The molecule has 0 radical (unpaired) electrons. The molecule has 5 rings (SSSR count). The van der Waals surface area contributed by atoms with Crippen LogP contribution in [0.1, 0.15) is 81.9 Å². The van der Waals surface area contributed by atoms with Crippen molar-refractivity contribution < 1.29 is 14.3 Å². The van der Waals surface area contributed by atoms with E-state index < -0.39 is 11.8 Å². The SMILES string of the molecule is CC(c1ccc([C@@H]2CCCC[C@H]2OC(=O)OC(C)(C)C)cc1)c1c(-c2ccccc2)[nH]c2ccccc12. The lowest BCUT2D eigenvalue weighted by molar-refractivity contribution is -0.0387. The molecule has 0 saturated heterocycles. The molecular formula is C33H37NO3. The number of fused-ring (bicyclic) bond motifs is 1. The molecule has 0 spiro atoms. The van der Waals surface area contributed by atoms with Gasteiger partial charge in [0.25, 0.3) is 0 Å². The molecule has 1 aromatic heterocycles. The Morgan fingerprint density at radius 3 is 2.30 bits per heavy atom. The molecule has 0 bridgehead atoms. The maximum atomic E-state index is 12.4. The van der Waals surface area contributed by atoms with Gasteiger partial charge in [0.15, 0.2) is 0 Å².